The topological polar surface area (TPSA) is 72.1 Å². The maximum Gasteiger partial charge on any atom is 0.215 e. The second-order valence-corrected chi connectivity index (χ2v) is 5.68. The molecule has 1 aliphatic heterocycles. The average molecular weight is 296 g/mol. The van der Waals surface area contributed by atoms with Crippen LogP contribution in [0.1, 0.15) is 42.2 Å². The van der Waals surface area contributed by atoms with Crippen molar-refractivity contribution in [2.75, 3.05) is 17.2 Å². The van der Waals surface area contributed by atoms with Crippen LogP contribution in [0.5, 0.6) is 0 Å². The third-order valence-corrected chi connectivity index (χ3v) is 4.15. The van der Waals surface area contributed by atoms with Gasteiger partial charge in [-0.3, -0.25) is 4.79 Å². The second kappa shape index (κ2) is 6.13. The van der Waals surface area contributed by atoms with Crippen LogP contribution in [0.25, 0.3) is 0 Å². The summed E-state index contributed by atoms with van der Waals surface area (Å²) in [5.74, 6) is 0.920. The third kappa shape index (κ3) is 2.79. The van der Waals surface area contributed by atoms with E-state index in [1.54, 1.807) is 24.4 Å². The molecule has 0 unspecified atom stereocenters. The summed E-state index contributed by atoms with van der Waals surface area (Å²) in [5, 5.41) is 0. The number of pyridine rings is 2. The SMILES string of the molecule is C[C@@H]1CCCCN1c1cccc(C(=O)c2cccnc2N)n1. The first kappa shape index (κ1) is 14.5. The van der Waals surface area contributed by atoms with E-state index in [1.165, 1.54) is 12.8 Å². The average Bonchev–Trinajstić information content (AvgIpc) is 2.55. The number of carbonyl (C=O) groups is 1. The Labute approximate surface area is 130 Å². The van der Waals surface area contributed by atoms with Gasteiger partial charge in [-0.2, -0.15) is 0 Å². The highest BCUT2D eigenvalue weighted by atomic mass is 16.1. The van der Waals surface area contributed by atoms with Crippen LogP contribution in [0, 0.1) is 0 Å². The summed E-state index contributed by atoms with van der Waals surface area (Å²) in [4.78, 5) is 23.4. The fourth-order valence-corrected chi connectivity index (χ4v) is 2.90. The van der Waals surface area contributed by atoms with Crippen molar-refractivity contribution in [1.29, 1.82) is 0 Å². The lowest BCUT2D eigenvalue weighted by molar-refractivity contribution is 0.103. The van der Waals surface area contributed by atoms with Gasteiger partial charge in [0.25, 0.3) is 0 Å². The van der Waals surface area contributed by atoms with Gasteiger partial charge in [0.05, 0.1) is 5.56 Å². The van der Waals surface area contributed by atoms with E-state index in [0.717, 1.165) is 18.8 Å². The molecule has 2 aromatic rings. The van der Waals surface area contributed by atoms with Gasteiger partial charge >= 0.3 is 0 Å². The number of ketones is 1. The number of piperidine rings is 1. The number of aromatic nitrogens is 2. The van der Waals surface area contributed by atoms with Gasteiger partial charge in [0.1, 0.15) is 17.3 Å². The third-order valence-electron chi connectivity index (χ3n) is 4.15. The molecular formula is C17H20N4O. The molecule has 0 bridgehead atoms. The Kier molecular flexibility index (Phi) is 4.04. The van der Waals surface area contributed by atoms with Crippen molar-refractivity contribution < 1.29 is 4.79 Å². The molecule has 5 nitrogen and oxygen atoms in total. The number of hydrogen-bond donors (Lipinski definition) is 1. The zero-order valence-electron chi connectivity index (χ0n) is 12.7. The zero-order valence-corrected chi connectivity index (χ0v) is 12.7. The lowest BCUT2D eigenvalue weighted by Crippen LogP contribution is -2.38. The number of nitrogens with two attached hydrogens (primary N) is 1. The summed E-state index contributed by atoms with van der Waals surface area (Å²) < 4.78 is 0. The van der Waals surface area contributed by atoms with Crippen LogP contribution in [0.15, 0.2) is 36.5 Å². The van der Waals surface area contributed by atoms with Crippen LogP contribution in [0.3, 0.4) is 0 Å². The molecular weight excluding hydrogens is 276 g/mol. The maximum atomic E-state index is 12.6. The van der Waals surface area contributed by atoms with E-state index < -0.39 is 0 Å². The Morgan fingerprint density at radius 1 is 1.27 bits per heavy atom. The molecule has 22 heavy (non-hydrogen) atoms. The summed E-state index contributed by atoms with van der Waals surface area (Å²) in [7, 11) is 0. The summed E-state index contributed by atoms with van der Waals surface area (Å²) in [6, 6.07) is 9.42. The quantitative estimate of drug-likeness (QED) is 0.882. The minimum absolute atomic E-state index is 0.183. The van der Waals surface area contributed by atoms with Crippen LogP contribution in [-0.4, -0.2) is 28.3 Å². The molecule has 0 saturated carbocycles. The van der Waals surface area contributed by atoms with Gasteiger partial charge in [0.2, 0.25) is 5.78 Å². The summed E-state index contributed by atoms with van der Waals surface area (Å²) in [6.07, 6.45) is 5.16. The first-order valence-electron chi connectivity index (χ1n) is 7.65. The van der Waals surface area contributed by atoms with Crippen LogP contribution in [-0.2, 0) is 0 Å². The van der Waals surface area contributed by atoms with Crippen LogP contribution >= 0.6 is 0 Å². The molecule has 1 aliphatic rings. The highest BCUT2D eigenvalue weighted by molar-refractivity contribution is 6.10. The predicted molar refractivity (Wildman–Crippen MR) is 87.0 cm³/mol. The minimum atomic E-state index is -0.183. The monoisotopic (exact) mass is 296 g/mol. The van der Waals surface area contributed by atoms with Gasteiger partial charge in [-0.1, -0.05) is 6.07 Å². The van der Waals surface area contributed by atoms with Gasteiger partial charge in [0.15, 0.2) is 0 Å². The molecule has 114 valence electrons. The van der Waals surface area contributed by atoms with Gasteiger partial charge in [0, 0.05) is 18.8 Å². The summed E-state index contributed by atoms with van der Waals surface area (Å²) in [6.45, 7) is 3.19. The Hall–Kier alpha value is -2.43. The zero-order chi connectivity index (χ0) is 15.5. The number of carbonyl (C=O) groups excluding carboxylic acids is 1. The van der Waals surface area contributed by atoms with E-state index in [0.29, 0.717) is 17.3 Å². The number of nitrogen functional groups attached to an aromatic ring is 1. The minimum Gasteiger partial charge on any atom is -0.383 e. The normalized spacial score (nSPS) is 18.2. The van der Waals surface area contributed by atoms with E-state index in [4.69, 9.17) is 5.73 Å². The van der Waals surface area contributed by atoms with Gasteiger partial charge < -0.3 is 10.6 Å². The highest BCUT2D eigenvalue weighted by Gasteiger charge is 2.21. The van der Waals surface area contributed by atoms with Crippen LogP contribution < -0.4 is 10.6 Å². The van der Waals surface area contributed by atoms with E-state index in [1.807, 2.05) is 12.1 Å². The molecule has 3 rings (SSSR count). The van der Waals surface area contributed by atoms with Crippen molar-refractivity contribution in [3.05, 3.63) is 47.8 Å². The van der Waals surface area contributed by atoms with E-state index >= 15 is 0 Å². The Morgan fingerprint density at radius 2 is 2.14 bits per heavy atom. The molecule has 0 aromatic carbocycles. The molecule has 2 aromatic heterocycles. The largest absolute Gasteiger partial charge is 0.383 e. The van der Waals surface area contributed by atoms with E-state index in [-0.39, 0.29) is 11.6 Å². The van der Waals surface area contributed by atoms with Gasteiger partial charge in [-0.25, -0.2) is 9.97 Å². The molecule has 0 spiro atoms. The molecule has 5 heteroatoms. The molecule has 0 amide bonds. The molecule has 0 radical (unpaired) electrons. The maximum absolute atomic E-state index is 12.6. The molecule has 2 N–H and O–H groups in total. The number of anilines is 2. The van der Waals surface area contributed by atoms with Crippen molar-refractivity contribution in [3.63, 3.8) is 0 Å². The number of rotatable bonds is 3. The van der Waals surface area contributed by atoms with Crippen LogP contribution in [0.4, 0.5) is 11.6 Å². The van der Waals surface area contributed by atoms with Crippen molar-refractivity contribution in [1.82, 2.24) is 9.97 Å². The molecule has 1 saturated heterocycles. The fourth-order valence-electron chi connectivity index (χ4n) is 2.90. The molecule has 3 heterocycles. The molecule has 1 atom stereocenters. The fraction of sp³-hybridized carbons (Fsp3) is 0.353. The van der Waals surface area contributed by atoms with Crippen molar-refractivity contribution in [2.45, 2.75) is 32.2 Å². The Morgan fingerprint density at radius 3 is 2.91 bits per heavy atom. The molecule has 0 aliphatic carbocycles. The van der Waals surface area contributed by atoms with Crippen molar-refractivity contribution in [2.24, 2.45) is 0 Å². The van der Waals surface area contributed by atoms with E-state index in [9.17, 15) is 4.79 Å². The summed E-state index contributed by atoms with van der Waals surface area (Å²) >= 11 is 0. The lowest BCUT2D eigenvalue weighted by atomic mass is 10.0. The number of nitrogens with zero attached hydrogens (tertiary/aromatic N) is 3. The molecule has 1 fully saturated rings. The van der Waals surface area contributed by atoms with E-state index in [2.05, 4.69) is 21.8 Å². The lowest BCUT2D eigenvalue weighted by Gasteiger charge is -2.34. The van der Waals surface area contributed by atoms with Crippen molar-refractivity contribution >= 4 is 17.4 Å². The van der Waals surface area contributed by atoms with Gasteiger partial charge in [-0.05, 0) is 50.5 Å². The first-order valence-corrected chi connectivity index (χ1v) is 7.65. The predicted octanol–water partition coefficient (Wildman–Crippen LogP) is 2.67. The van der Waals surface area contributed by atoms with Gasteiger partial charge in [-0.15, -0.1) is 0 Å². The second-order valence-electron chi connectivity index (χ2n) is 5.68. The number of hydrogen-bond acceptors (Lipinski definition) is 5. The smallest absolute Gasteiger partial charge is 0.215 e. The summed E-state index contributed by atoms with van der Waals surface area (Å²) in [5.41, 5.74) is 6.61. The van der Waals surface area contributed by atoms with Crippen LogP contribution in [0.2, 0.25) is 0 Å². The standard InChI is InChI=1S/C17H20N4O/c1-12-6-2-3-11-21(12)15-9-4-8-14(20-15)16(22)13-7-5-10-19-17(13)18/h4-5,7-10,12H,2-3,6,11H2,1H3,(H2,18,19)/t12-/m1/s1. The highest BCUT2D eigenvalue weighted by Crippen LogP contribution is 2.23. The Balaban J connectivity index is 1.91. The first-order chi connectivity index (χ1) is 10.7. The Bertz CT molecular complexity index is 686. The van der Waals surface area contributed by atoms with Crippen molar-refractivity contribution in [3.8, 4) is 0 Å².